The maximum Gasteiger partial charge on any atom is 0.319 e. The number of amides is 2. The van der Waals surface area contributed by atoms with Crippen LogP contribution in [0.2, 0.25) is 5.02 Å². The monoisotopic (exact) mass is 441 g/mol. The van der Waals surface area contributed by atoms with Gasteiger partial charge in [-0.05, 0) is 49.2 Å². The van der Waals surface area contributed by atoms with Gasteiger partial charge in [0.15, 0.2) is 5.82 Å². The number of urea groups is 1. The van der Waals surface area contributed by atoms with E-state index in [4.69, 9.17) is 26.8 Å². The number of nitrogens with two attached hydrogens (primary N) is 1. The first-order valence-corrected chi connectivity index (χ1v) is 10.4. The van der Waals surface area contributed by atoms with Crippen molar-refractivity contribution >= 4 is 29.1 Å². The zero-order valence-corrected chi connectivity index (χ0v) is 17.9. The molecule has 0 radical (unpaired) electrons. The second kappa shape index (κ2) is 9.28. The van der Waals surface area contributed by atoms with E-state index >= 15 is 0 Å². The van der Waals surface area contributed by atoms with Gasteiger partial charge in [0.25, 0.3) is 0 Å². The Balaban J connectivity index is 1.67. The summed E-state index contributed by atoms with van der Waals surface area (Å²) in [6.45, 7) is 1.16. The quantitative estimate of drug-likeness (QED) is 0.534. The minimum Gasteiger partial charge on any atom is -0.497 e. The first kappa shape index (κ1) is 21.0. The number of rotatable bonds is 6. The van der Waals surface area contributed by atoms with Gasteiger partial charge >= 0.3 is 6.03 Å². The van der Waals surface area contributed by atoms with Crippen molar-refractivity contribution in [2.24, 2.45) is 0 Å². The molecule has 1 saturated heterocycles. The molecule has 31 heavy (non-hydrogen) atoms. The summed E-state index contributed by atoms with van der Waals surface area (Å²) in [7, 11) is 1.60. The molecule has 9 heteroatoms. The zero-order valence-electron chi connectivity index (χ0n) is 17.1. The van der Waals surface area contributed by atoms with Crippen molar-refractivity contribution in [1.29, 1.82) is 0 Å². The second-order valence-corrected chi connectivity index (χ2v) is 7.58. The molecule has 1 fully saturated rings. The van der Waals surface area contributed by atoms with E-state index in [9.17, 15) is 4.79 Å². The Hall–Kier alpha value is -3.23. The van der Waals surface area contributed by atoms with Crippen molar-refractivity contribution in [3.63, 3.8) is 0 Å². The van der Waals surface area contributed by atoms with Crippen molar-refractivity contribution in [1.82, 2.24) is 15.1 Å². The fraction of sp³-hybridized carbons (Fsp3) is 0.273. The molecule has 1 atom stereocenters. The third kappa shape index (κ3) is 4.60. The summed E-state index contributed by atoms with van der Waals surface area (Å²) in [5.41, 5.74) is 8.72. The Morgan fingerprint density at radius 3 is 2.74 bits per heavy atom. The molecule has 0 unspecified atom stereocenters. The van der Waals surface area contributed by atoms with E-state index in [0.29, 0.717) is 34.4 Å². The highest BCUT2D eigenvalue weighted by Crippen LogP contribution is 2.36. The first-order valence-electron chi connectivity index (χ1n) is 10.0. The molecule has 2 amide bonds. The average molecular weight is 442 g/mol. The number of para-hydroxylation sites is 1. The van der Waals surface area contributed by atoms with E-state index in [2.05, 4.69) is 15.7 Å². The second-order valence-electron chi connectivity index (χ2n) is 7.17. The smallest absolute Gasteiger partial charge is 0.319 e. The Bertz CT molecular complexity index is 1060. The van der Waals surface area contributed by atoms with Gasteiger partial charge in [-0.2, -0.15) is 5.10 Å². The minimum absolute atomic E-state index is 0.0370. The number of anilines is 2. The number of nitrogens with one attached hydrogen (secondary N) is 2. The number of nitrogens with zero attached hydrogens (tertiary/aromatic N) is 2. The van der Waals surface area contributed by atoms with E-state index in [1.165, 1.54) is 4.68 Å². The summed E-state index contributed by atoms with van der Waals surface area (Å²) < 4.78 is 12.3. The normalized spacial score (nSPS) is 15.6. The van der Waals surface area contributed by atoms with Crippen LogP contribution in [0.3, 0.4) is 0 Å². The largest absolute Gasteiger partial charge is 0.497 e. The summed E-state index contributed by atoms with van der Waals surface area (Å²) in [5, 5.41) is 10.8. The topological polar surface area (TPSA) is 103 Å². The molecule has 4 N–H and O–H groups in total. The van der Waals surface area contributed by atoms with Crippen LogP contribution in [0, 0.1) is 0 Å². The van der Waals surface area contributed by atoms with Crippen LogP contribution in [-0.4, -0.2) is 42.2 Å². The molecule has 2 heterocycles. The van der Waals surface area contributed by atoms with Gasteiger partial charge in [-0.25, -0.2) is 9.48 Å². The lowest BCUT2D eigenvalue weighted by Gasteiger charge is -2.12. The average Bonchev–Trinajstić information content (AvgIpc) is 3.42. The van der Waals surface area contributed by atoms with Gasteiger partial charge in [-0.1, -0.05) is 23.7 Å². The van der Waals surface area contributed by atoms with Crippen molar-refractivity contribution in [3.05, 3.63) is 53.6 Å². The van der Waals surface area contributed by atoms with Crippen LogP contribution >= 0.6 is 11.6 Å². The predicted octanol–water partition coefficient (Wildman–Crippen LogP) is 4.08. The van der Waals surface area contributed by atoms with Crippen LogP contribution in [0.1, 0.15) is 12.8 Å². The van der Waals surface area contributed by atoms with Crippen LogP contribution in [0.5, 0.6) is 5.75 Å². The van der Waals surface area contributed by atoms with Crippen LogP contribution in [-0.2, 0) is 4.74 Å². The molecular formula is C22H24ClN5O3. The maximum atomic E-state index is 12.6. The van der Waals surface area contributed by atoms with E-state index in [1.54, 1.807) is 13.2 Å². The van der Waals surface area contributed by atoms with Gasteiger partial charge in [0, 0.05) is 18.7 Å². The van der Waals surface area contributed by atoms with E-state index in [0.717, 1.165) is 25.0 Å². The van der Waals surface area contributed by atoms with E-state index in [-0.39, 0.29) is 18.0 Å². The number of halogens is 1. The van der Waals surface area contributed by atoms with Gasteiger partial charge in [0.2, 0.25) is 0 Å². The Labute approximate surface area is 185 Å². The molecule has 0 spiro atoms. The highest BCUT2D eigenvalue weighted by molar-refractivity contribution is 6.32. The molecule has 8 nitrogen and oxygen atoms in total. The van der Waals surface area contributed by atoms with E-state index in [1.807, 2.05) is 42.5 Å². The maximum absolute atomic E-state index is 12.6. The summed E-state index contributed by atoms with van der Waals surface area (Å²) in [6, 6.07) is 14.2. The predicted molar refractivity (Wildman–Crippen MR) is 121 cm³/mol. The number of nitrogen functional groups attached to an aromatic ring is 1. The number of hydrogen-bond acceptors (Lipinski definition) is 5. The molecule has 1 aliphatic heterocycles. The van der Waals surface area contributed by atoms with Crippen molar-refractivity contribution in [3.8, 4) is 22.7 Å². The highest BCUT2D eigenvalue weighted by atomic mass is 35.5. The van der Waals surface area contributed by atoms with Crippen molar-refractivity contribution in [2.45, 2.75) is 18.9 Å². The molecule has 0 saturated carbocycles. The summed E-state index contributed by atoms with van der Waals surface area (Å²) >= 11 is 6.36. The fourth-order valence-electron chi connectivity index (χ4n) is 3.48. The number of benzene rings is 2. The molecule has 162 valence electrons. The number of hydrogen-bond donors (Lipinski definition) is 3. The van der Waals surface area contributed by atoms with Gasteiger partial charge in [0.05, 0.1) is 23.9 Å². The molecular weight excluding hydrogens is 418 g/mol. The number of methoxy groups -OCH3 is 1. The number of ether oxygens (including phenoxy) is 2. The molecule has 2 aromatic carbocycles. The van der Waals surface area contributed by atoms with Gasteiger partial charge in [-0.15, -0.1) is 0 Å². The molecule has 0 aliphatic carbocycles. The molecule has 3 aromatic rings. The minimum atomic E-state index is -0.379. The Morgan fingerprint density at radius 1 is 1.29 bits per heavy atom. The summed E-state index contributed by atoms with van der Waals surface area (Å²) in [6.07, 6.45) is 1.98. The molecule has 1 aliphatic rings. The molecule has 4 rings (SSSR count). The Morgan fingerprint density at radius 2 is 2.06 bits per heavy atom. The van der Waals surface area contributed by atoms with Crippen LogP contribution < -0.4 is 21.1 Å². The van der Waals surface area contributed by atoms with Crippen LogP contribution in [0.4, 0.5) is 16.3 Å². The third-order valence-electron chi connectivity index (χ3n) is 5.12. The van der Waals surface area contributed by atoms with Crippen molar-refractivity contribution < 1.29 is 14.3 Å². The zero-order chi connectivity index (χ0) is 21.8. The first-order chi connectivity index (χ1) is 15.1. The summed E-state index contributed by atoms with van der Waals surface area (Å²) in [5.74, 6) is 0.984. The standard InChI is InChI=1S/C22H24ClN5O3/c1-30-15-10-8-14(9-11-15)19-20(26-22(29)25-13-16-5-4-12-31-16)21(24)28(27-19)18-7-3-2-6-17(18)23/h2-3,6-11,16H,4-5,12-13,24H2,1H3,(H2,25,26,29)/t16-/m0/s1. The molecule has 1 aromatic heterocycles. The van der Waals surface area contributed by atoms with Gasteiger partial charge in [-0.3, -0.25) is 0 Å². The van der Waals surface area contributed by atoms with Gasteiger partial charge < -0.3 is 25.8 Å². The number of aromatic nitrogens is 2. The molecule has 0 bridgehead atoms. The van der Waals surface area contributed by atoms with E-state index < -0.39 is 0 Å². The van der Waals surface area contributed by atoms with Crippen molar-refractivity contribution in [2.75, 3.05) is 31.3 Å². The lowest BCUT2D eigenvalue weighted by molar-refractivity contribution is 0.112. The number of carbonyl (C=O) groups excluding carboxylic acids is 1. The van der Waals surface area contributed by atoms with Gasteiger partial charge in [0.1, 0.15) is 17.1 Å². The summed E-state index contributed by atoms with van der Waals surface area (Å²) in [4.78, 5) is 12.6. The Kier molecular flexibility index (Phi) is 6.29. The fourth-order valence-corrected chi connectivity index (χ4v) is 3.70. The lowest BCUT2D eigenvalue weighted by Crippen LogP contribution is -2.35. The van der Waals surface area contributed by atoms with Crippen LogP contribution in [0.15, 0.2) is 48.5 Å². The lowest BCUT2D eigenvalue weighted by atomic mass is 10.1. The SMILES string of the molecule is COc1ccc(-c2nn(-c3ccccc3Cl)c(N)c2NC(=O)NC[C@@H]2CCCO2)cc1. The third-order valence-corrected chi connectivity index (χ3v) is 5.44. The number of carbonyl (C=O) groups is 1. The highest BCUT2D eigenvalue weighted by Gasteiger charge is 2.22. The van der Waals surface area contributed by atoms with Crippen LogP contribution in [0.25, 0.3) is 16.9 Å².